The third kappa shape index (κ3) is 7.54. The fourth-order valence-corrected chi connectivity index (χ4v) is 6.43. The largest absolute Gasteiger partial charge is 0.493 e. The number of rotatable bonds is 10. The molecule has 1 aliphatic rings. The van der Waals surface area contributed by atoms with Gasteiger partial charge < -0.3 is 19.7 Å². The van der Waals surface area contributed by atoms with Crippen LogP contribution in [0.3, 0.4) is 0 Å². The summed E-state index contributed by atoms with van der Waals surface area (Å²) in [6.07, 6.45) is -2.46. The Kier molecular flexibility index (Phi) is 9.79. The zero-order chi connectivity index (χ0) is 31.4. The van der Waals surface area contributed by atoms with Gasteiger partial charge in [0.05, 0.1) is 36.4 Å². The van der Waals surface area contributed by atoms with Gasteiger partial charge in [0.15, 0.2) is 11.5 Å². The van der Waals surface area contributed by atoms with Crippen LogP contribution >= 0.6 is 0 Å². The first-order chi connectivity index (χ1) is 20.3. The number of nitrogens with one attached hydrogen (secondary N) is 1. The van der Waals surface area contributed by atoms with E-state index >= 15 is 0 Å². The summed E-state index contributed by atoms with van der Waals surface area (Å²) < 4.78 is 79.3. The molecule has 0 saturated carbocycles. The third-order valence-corrected chi connectivity index (χ3v) is 9.38. The number of anilines is 2. The van der Waals surface area contributed by atoms with Crippen molar-refractivity contribution in [2.45, 2.75) is 43.8 Å². The molecule has 1 saturated heterocycles. The number of hydrogen-bond acceptors (Lipinski definition) is 6. The number of amides is 1. The summed E-state index contributed by atoms with van der Waals surface area (Å²) in [6.45, 7) is 5.21. The molecule has 0 aromatic heterocycles. The molecule has 8 nitrogen and oxygen atoms in total. The Balaban J connectivity index is 1.59. The van der Waals surface area contributed by atoms with Crippen molar-refractivity contribution in [1.82, 2.24) is 5.32 Å². The number of nitrogens with zero attached hydrogens (tertiary/aromatic N) is 2. The summed E-state index contributed by atoms with van der Waals surface area (Å²) in [5.74, 6) is 0.382. The Morgan fingerprint density at radius 1 is 1.00 bits per heavy atom. The maximum absolute atomic E-state index is 13.8. The van der Waals surface area contributed by atoms with E-state index in [1.54, 1.807) is 6.92 Å². The second-order valence-corrected chi connectivity index (χ2v) is 12.5. The highest BCUT2D eigenvalue weighted by atomic mass is 32.2. The monoisotopic (exact) mass is 619 g/mol. The van der Waals surface area contributed by atoms with Crippen LogP contribution in [0.1, 0.15) is 43.9 Å². The average Bonchev–Trinajstić information content (AvgIpc) is 2.99. The lowest BCUT2D eigenvalue weighted by molar-refractivity contribution is -0.137. The predicted molar refractivity (Wildman–Crippen MR) is 159 cm³/mol. The van der Waals surface area contributed by atoms with Gasteiger partial charge >= 0.3 is 6.18 Å². The number of methoxy groups -OCH3 is 2. The van der Waals surface area contributed by atoms with E-state index in [1.807, 2.05) is 24.3 Å². The summed E-state index contributed by atoms with van der Waals surface area (Å²) in [5.41, 5.74) is 0.531. The summed E-state index contributed by atoms with van der Waals surface area (Å²) in [4.78, 5) is 15.3. The van der Waals surface area contributed by atoms with Gasteiger partial charge in [-0.15, -0.1) is 0 Å². The van der Waals surface area contributed by atoms with Crippen LogP contribution in [0.15, 0.2) is 71.6 Å². The molecule has 1 unspecified atom stereocenters. The first-order valence-electron chi connectivity index (χ1n) is 13.9. The SMILES string of the molecule is COc1ccc(S(=O)(=O)N(CC(=O)NC(C)c2ccc(N3CCC(C)CC3)cc2)c2cccc(C(F)(F)F)c2)cc1OC. The first-order valence-corrected chi connectivity index (χ1v) is 15.3. The third-order valence-electron chi connectivity index (χ3n) is 7.61. The van der Waals surface area contributed by atoms with Crippen molar-refractivity contribution in [3.63, 3.8) is 0 Å². The minimum Gasteiger partial charge on any atom is -0.493 e. The van der Waals surface area contributed by atoms with Gasteiger partial charge in [-0.1, -0.05) is 25.1 Å². The van der Waals surface area contributed by atoms with Gasteiger partial charge in [-0.05, 0) is 73.7 Å². The van der Waals surface area contributed by atoms with E-state index in [-0.39, 0.29) is 22.1 Å². The molecule has 0 radical (unpaired) electrons. The lowest BCUT2D eigenvalue weighted by Crippen LogP contribution is -2.41. The van der Waals surface area contributed by atoms with Crippen LogP contribution in [-0.4, -0.2) is 48.2 Å². The van der Waals surface area contributed by atoms with Gasteiger partial charge in [0.1, 0.15) is 6.54 Å². The molecule has 43 heavy (non-hydrogen) atoms. The second-order valence-electron chi connectivity index (χ2n) is 10.6. The van der Waals surface area contributed by atoms with Crippen LogP contribution in [0.5, 0.6) is 11.5 Å². The lowest BCUT2D eigenvalue weighted by atomic mass is 9.98. The fourth-order valence-electron chi connectivity index (χ4n) is 5.00. The molecule has 1 N–H and O–H groups in total. The normalized spacial score (nSPS) is 15.1. The Hall–Kier alpha value is -3.93. The van der Waals surface area contributed by atoms with Gasteiger partial charge in [0.25, 0.3) is 10.0 Å². The summed E-state index contributed by atoms with van der Waals surface area (Å²) >= 11 is 0. The van der Waals surface area contributed by atoms with E-state index < -0.39 is 40.3 Å². The van der Waals surface area contributed by atoms with Crippen molar-refractivity contribution in [2.24, 2.45) is 5.92 Å². The van der Waals surface area contributed by atoms with Crippen LogP contribution in [-0.2, 0) is 21.0 Å². The Morgan fingerprint density at radius 3 is 2.26 bits per heavy atom. The van der Waals surface area contributed by atoms with Crippen LogP contribution in [0.4, 0.5) is 24.5 Å². The lowest BCUT2D eigenvalue weighted by Gasteiger charge is -2.32. The molecule has 0 bridgehead atoms. The number of carbonyl (C=O) groups is 1. The topological polar surface area (TPSA) is 88.2 Å². The minimum absolute atomic E-state index is 0.105. The van der Waals surface area contributed by atoms with Crippen LogP contribution in [0.2, 0.25) is 0 Å². The van der Waals surface area contributed by atoms with Gasteiger partial charge in [0, 0.05) is 24.8 Å². The molecule has 1 heterocycles. The Bertz CT molecular complexity index is 1520. The first kappa shape index (κ1) is 32.0. The number of ether oxygens (including phenoxy) is 2. The molecule has 1 amide bonds. The van der Waals surface area contributed by atoms with E-state index in [2.05, 4.69) is 17.1 Å². The summed E-state index contributed by atoms with van der Waals surface area (Å²) in [5, 5.41) is 2.78. The summed E-state index contributed by atoms with van der Waals surface area (Å²) in [6, 6.07) is 15.0. The molecule has 0 aliphatic carbocycles. The van der Waals surface area contributed by atoms with Crippen molar-refractivity contribution >= 4 is 27.3 Å². The van der Waals surface area contributed by atoms with E-state index in [1.165, 1.54) is 38.5 Å². The zero-order valence-electron chi connectivity index (χ0n) is 24.5. The molecule has 3 aromatic carbocycles. The van der Waals surface area contributed by atoms with Crippen LogP contribution in [0, 0.1) is 5.92 Å². The standard InChI is InChI=1S/C31H36F3N3O5S/c1-21-14-16-36(17-15-21)25-10-8-23(9-11-25)22(2)35-30(38)20-37(26-7-5-6-24(18-26)31(32,33)34)43(39,40)27-12-13-28(41-3)29(19-27)42-4/h5-13,18-19,21-22H,14-17,20H2,1-4H3,(H,35,38). The molecular weight excluding hydrogens is 583 g/mol. The molecule has 3 aromatic rings. The summed E-state index contributed by atoms with van der Waals surface area (Å²) in [7, 11) is -1.82. The minimum atomic E-state index is -4.72. The molecule has 0 spiro atoms. The maximum atomic E-state index is 13.8. The van der Waals surface area contributed by atoms with E-state index in [0.29, 0.717) is 16.3 Å². The van der Waals surface area contributed by atoms with Crippen molar-refractivity contribution in [2.75, 3.05) is 43.1 Å². The van der Waals surface area contributed by atoms with E-state index in [9.17, 15) is 26.4 Å². The number of halogens is 3. The quantitative estimate of drug-likeness (QED) is 0.298. The molecule has 4 rings (SSSR count). The molecule has 1 fully saturated rings. The van der Waals surface area contributed by atoms with Crippen molar-refractivity contribution in [3.8, 4) is 11.5 Å². The number of piperidine rings is 1. The van der Waals surface area contributed by atoms with Gasteiger partial charge in [-0.25, -0.2) is 8.42 Å². The highest BCUT2D eigenvalue weighted by Gasteiger charge is 2.34. The molecule has 12 heteroatoms. The molecule has 232 valence electrons. The number of alkyl halides is 3. The maximum Gasteiger partial charge on any atom is 0.416 e. The Labute approximate surface area is 250 Å². The Morgan fingerprint density at radius 2 is 1.65 bits per heavy atom. The van der Waals surface area contributed by atoms with E-state index in [4.69, 9.17) is 9.47 Å². The van der Waals surface area contributed by atoms with Crippen LogP contribution in [0.25, 0.3) is 0 Å². The molecule has 1 aliphatic heterocycles. The van der Waals surface area contributed by atoms with Gasteiger partial charge in [0.2, 0.25) is 5.91 Å². The number of hydrogen-bond donors (Lipinski definition) is 1. The zero-order valence-corrected chi connectivity index (χ0v) is 25.3. The van der Waals surface area contributed by atoms with Crippen molar-refractivity contribution in [1.29, 1.82) is 0 Å². The average molecular weight is 620 g/mol. The number of carbonyl (C=O) groups excluding carboxylic acids is 1. The van der Waals surface area contributed by atoms with Gasteiger partial charge in [-0.3, -0.25) is 9.10 Å². The van der Waals surface area contributed by atoms with Crippen molar-refractivity contribution < 1.29 is 35.9 Å². The second kappa shape index (κ2) is 13.2. The highest BCUT2D eigenvalue weighted by molar-refractivity contribution is 7.92. The number of benzene rings is 3. The van der Waals surface area contributed by atoms with Crippen molar-refractivity contribution in [3.05, 3.63) is 77.9 Å². The predicted octanol–water partition coefficient (Wildman–Crippen LogP) is 6.03. The smallest absolute Gasteiger partial charge is 0.416 e. The highest BCUT2D eigenvalue weighted by Crippen LogP contribution is 2.35. The molecular formula is C31H36F3N3O5S. The molecule has 1 atom stereocenters. The number of sulfonamides is 1. The fraction of sp³-hybridized carbons (Fsp3) is 0.387. The van der Waals surface area contributed by atoms with E-state index in [0.717, 1.165) is 49.3 Å². The van der Waals surface area contributed by atoms with Crippen LogP contribution < -0.4 is 24.0 Å². The van der Waals surface area contributed by atoms with Gasteiger partial charge in [-0.2, -0.15) is 13.2 Å².